The van der Waals surface area contributed by atoms with E-state index >= 15 is 0 Å². The smallest absolute Gasteiger partial charge is 0.254 e. The minimum atomic E-state index is -0.642. The number of aliphatic hydroxyl groups is 1. The lowest BCUT2D eigenvalue weighted by Gasteiger charge is -2.30. The Morgan fingerprint density at radius 1 is 1.07 bits per heavy atom. The SMILES string of the molecule is Cc1oc(CO)cc1C(=O)NCC1(CNC(=O)C23CCCC2(C(N)=O)C3)CCCC1. The van der Waals surface area contributed by atoms with E-state index in [2.05, 4.69) is 10.6 Å². The number of fused-ring (bicyclic) bond motifs is 1. The molecule has 0 saturated heterocycles. The van der Waals surface area contributed by atoms with Crippen LogP contribution in [0.1, 0.15) is 73.2 Å². The number of nitrogens with one attached hydrogen (secondary N) is 2. The average Bonchev–Trinajstić information content (AvgIpc) is 3.12. The molecule has 0 bridgehead atoms. The zero-order valence-corrected chi connectivity index (χ0v) is 17.5. The molecule has 2 atom stereocenters. The van der Waals surface area contributed by atoms with Gasteiger partial charge in [0.15, 0.2) is 0 Å². The molecule has 3 amide bonds. The Bertz CT molecular complexity index is 872. The second kappa shape index (κ2) is 7.41. The number of carbonyl (C=O) groups is 3. The maximum absolute atomic E-state index is 13.0. The molecule has 1 aromatic heterocycles. The molecular weight excluding hydrogens is 386 g/mol. The molecule has 3 saturated carbocycles. The van der Waals surface area contributed by atoms with Gasteiger partial charge in [0.25, 0.3) is 5.91 Å². The van der Waals surface area contributed by atoms with E-state index in [-0.39, 0.29) is 29.7 Å². The number of amides is 3. The van der Waals surface area contributed by atoms with Gasteiger partial charge in [-0.3, -0.25) is 14.4 Å². The molecule has 164 valence electrons. The molecule has 3 aliphatic carbocycles. The lowest BCUT2D eigenvalue weighted by Crippen LogP contribution is -2.46. The van der Waals surface area contributed by atoms with E-state index < -0.39 is 10.8 Å². The quantitative estimate of drug-likeness (QED) is 0.509. The topological polar surface area (TPSA) is 135 Å². The first-order valence-corrected chi connectivity index (χ1v) is 10.8. The highest BCUT2D eigenvalue weighted by molar-refractivity contribution is 5.99. The van der Waals surface area contributed by atoms with Gasteiger partial charge in [-0.15, -0.1) is 0 Å². The van der Waals surface area contributed by atoms with E-state index in [0.717, 1.165) is 38.5 Å². The summed E-state index contributed by atoms with van der Waals surface area (Å²) in [6.07, 6.45) is 6.81. The molecule has 3 fully saturated rings. The zero-order chi connectivity index (χ0) is 21.6. The molecule has 2 unspecified atom stereocenters. The molecule has 3 aliphatic rings. The molecule has 8 heteroatoms. The Balaban J connectivity index is 1.38. The third-order valence-electron chi connectivity index (χ3n) is 7.79. The Morgan fingerprint density at radius 3 is 2.33 bits per heavy atom. The summed E-state index contributed by atoms with van der Waals surface area (Å²) in [6.45, 7) is 2.38. The van der Waals surface area contributed by atoms with E-state index in [1.54, 1.807) is 13.0 Å². The van der Waals surface area contributed by atoms with Crippen molar-refractivity contribution in [3.05, 3.63) is 23.2 Å². The van der Waals surface area contributed by atoms with Crippen molar-refractivity contribution in [2.24, 2.45) is 22.0 Å². The summed E-state index contributed by atoms with van der Waals surface area (Å²) in [5, 5.41) is 15.3. The van der Waals surface area contributed by atoms with Crippen molar-refractivity contribution in [1.82, 2.24) is 10.6 Å². The van der Waals surface area contributed by atoms with Crippen molar-refractivity contribution in [3.63, 3.8) is 0 Å². The predicted molar refractivity (Wildman–Crippen MR) is 108 cm³/mol. The molecular formula is C22H31N3O5. The fourth-order valence-electron chi connectivity index (χ4n) is 5.86. The molecule has 0 spiro atoms. The summed E-state index contributed by atoms with van der Waals surface area (Å²) in [5.41, 5.74) is 4.58. The van der Waals surface area contributed by atoms with E-state index in [9.17, 15) is 19.5 Å². The molecule has 0 aliphatic heterocycles. The number of hydrogen-bond acceptors (Lipinski definition) is 5. The Kier molecular flexibility index (Phi) is 5.16. The first kappa shape index (κ1) is 20.9. The highest BCUT2D eigenvalue weighted by Crippen LogP contribution is 2.73. The Morgan fingerprint density at radius 2 is 1.73 bits per heavy atom. The Hall–Kier alpha value is -2.35. The number of hydrogen-bond donors (Lipinski definition) is 4. The van der Waals surface area contributed by atoms with Crippen LogP contribution in [-0.2, 0) is 16.2 Å². The van der Waals surface area contributed by atoms with Crippen LogP contribution in [0, 0.1) is 23.2 Å². The normalized spacial score (nSPS) is 28.7. The first-order valence-electron chi connectivity index (χ1n) is 10.8. The van der Waals surface area contributed by atoms with Crippen LogP contribution in [0.15, 0.2) is 10.5 Å². The number of carbonyl (C=O) groups excluding carboxylic acids is 3. The number of rotatable bonds is 8. The van der Waals surface area contributed by atoms with Gasteiger partial charge in [0.2, 0.25) is 11.8 Å². The fraction of sp³-hybridized carbons (Fsp3) is 0.682. The van der Waals surface area contributed by atoms with Gasteiger partial charge in [0.1, 0.15) is 18.1 Å². The van der Waals surface area contributed by atoms with Crippen LogP contribution in [0.25, 0.3) is 0 Å². The van der Waals surface area contributed by atoms with Gasteiger partial charge >= 0.3 is 0 Å². The van der Waals surface area contributed by atoms with Gasteiger partial charge < -0.3 is 25.9 Å². The minimum absolute atomic E-state index is 0.0605. The molecule has 0 radical (unpaired) electrons. The van der Waals surface area contributed by atoms with E-state index in [4.69, 9.17) is 10.2 Å². The highest BCUT2D eigenvalue weighted by Gasteiger charge is 2.76. The van der Waals surface area contributed by atoms with Gasteiger partial charge in [-0.2, -0.15) is 0 Å². The van der Waals surface area contributed by atoms with Crippen LogP contribution >= 0.6 is 0 Å². The van der Waals surface area contributed by atoms with E-state index in [1.807, 2.05) is 0 Å². The molecule has 8 nitrogen and oxygen atoms in total. The van der Waals surface area contributed by atoms with Crippen LogP contribution in [0.2, 0.25) is 0 Å². The predicted octanol–water partition coefficient (Wildman–Crippen LogP) is 1.53. The van der Waals surface area contributed by atoms with Crippen molar-refractivity contribution in [3.8, 4) is 0 Å². The third-order valence-corrected chi connectivity index (χ3v) is 7.79. The molecule has 1 heterocycles. The summed E-state index contributed by atoms with van der Waals surface area (Å²) in [6, 6.07) is 1.56. The largest absolute Gasteiger partial charge is 0.463 e. The molecule has 0 aromatic carbocycles. The van der Waals surface area contributed by atoms with Gasteiger partial charge in [-0.25, -0.2) is 0 Å². The average molecular weight is 418 g/mol. The molecule has 30 heavy (non-hydrogen) atoms. The van der Waals surface area contributed by atoms with Gasteiger partial charge in [0.05, 0.1) is 16.4 Å². The summed E-state index contributed by atoms with van der Waals surface area (Å²) >= 11 is 0. The number of primary amides is 1. The summed E-state index contributed by atoms with van der Waals surface area (Å²) in [4.78, 5) is 37.6. The third kappa shape index (κ3) is 3.21. The summed E-state index contributed by atoms with van der Waals surface area (Å²) in [5.74, 6) is 0.184. The molecule has 5 N–H and O–H groups in total. The maximum Gasteiger partial charge on any atom is 0.254 e. The summed E-state index contributed by atoms with van der Waals surface area (Å²) in [7, 11) is 0. The zero-order valence-electron chi connectivity index (χ0n) is 17.5. The highest BCUT2D eigenvalue weighted by atomic mass is 16.4. The molecule has 1 aromatic rings. The lowest BCUT2D eigenvalue weighted by atomic mass is 9.85. The first-order chi connectivity index (χ1) is 14.3. The van der Waals surface area contributed by atoms with Crippen LogP contribution in [0.4, 0.5) is 0 Å². The number of nitrogens with two attached hydrogens (primary N) is 1. The van der Waals surface area contributed by atoms with E-state index in [0.29, 0.717) is 43.0 Å². The van der Waals surface area contributed by atoms with Crippen LogP contribution in [-0.4, -0.2) is 35.9 Å². The van der Waals surface area contributed by atoms with Crippen molar-refractivity contribution >= 4 is 17.7 Å². The number of aryl methyl sites for hydroxylation is 1. The fourth-order valence-corrected chi connectivity index (χ4v) is 5.86. The van der Waals surface area contributed by atoms with Crippen LogP contribution in [0.5, 0.6) is 0 Å². The van der Waals surface area contributed by atoms with Crippen molar-refractivity contribution < 1.29 is 23.9 Å². The van der Waals surface area contributed by atoms with Gasteiger partial charge in [-0.1, -0.05) is 19.3 Å². The minimum Gasteiger partial charge on any atom is -0.463 e. The standard InChI is InChI=1S/C22H31N3O5/c1-14-16(9-15(10-26)30-14)17(27)24-12-20(5-2-3-6-20)13-25-19(29)22-8-4-7-21(22,11-22)18(23)28/h9,26H,2-8,10-13H2,1H3,(H2,23,28)(H,24,27)(H,25,29). The second-order valence-corrected chi connectivity index (χ2v) is 9.47. The lowest BCUT2D eigenvalue weighted by molar-refractivity contribution is -0.132. The van der Waals surface area contributed by atoms with Crippen LogP contribution in [0.3, 0.4) is 0 Å². The van der Waals surface area contributed by atoms with E-state index in [1.165, 1.54) is 0 Å². The monoisotopic (exact) mass is 417 g/mol. The van der Waals surface area contributed by atoms with Crippen molar-refractivity contribution in [2.45, 2.75) is 64.9 Å². The van der Waals surface area contributed by atoms with Crippen molar-refractivity contribution in [2.75, 3.05) is 13.1 Å². The van der Waals surface area contributed by atoms with Crippen molar-refractivity contribution in [1.29, 1.82) is 0 Å². The molecule has 4 rings (SSSR count). The summed E-state index contributed by atoms with van der Waals surface area (Å²) < 4.78 is 5.36. The Labute approximate surface area is 175 Å². The second-order valence-electron chi connectivity index (χ2n) is 9.47. The van der Waals surface area contributed by atoms with Crippen LogP contribution < -0.4 is 16.4 Å². The van der Waals surface area contributed by atoms with Gasteiger partial charge in [0, 0.05) is 18.5 Å². The van der Waals surface area contributed by atoms with Gasteiger partial charge in [-0.05, 0) is 45.1 Å². The number of furan rings is 1. The maximum atomic E-state index is 13.0. The number of aliphatic hydroxyl groups excluding tert-OH is 1.